The summed E-state index contributed by atoms with van der Waals surface area (Å²) in [7, 11) is 5.05. The van der Waals surface area contributed by atoms with Crippen LogP contribution >= 0.6 is 0 Å². The topological polar surface area (TPSA) is 27.7 Å². The molecule has 1 fully saturated rings. The Kier molecular flexibility index (Phi) is 12.1. The molecule has 0 aromatic heterocycles. The quantitative estimate of drug-likeness (QED) is 0.206. The smallest absolute Gasteiger partial charge is 0.289 e. The minimum absolute atomic E-state index is 0.0630. The molecule has 0 spiro atoms. The summed E-state index contributed by atoms with van der Waals surface area (Å²) in [4.78, 5) is 0. The van der Waals surface area contributed by atoms with Crippen LogP contribution in [0.5, 0.6) is 0 Å². The van der Waals surface area contributed by atoms with Crippen molar-refractivity contribution in [3.8, 4) is 0 Å². The van der Waals surface area contributed by atoms with Crippen LogP contribution in [0.3, 0.4) is 0 Å². The van der Waals surface area contributed by atoms with E-state index in [9.17, 15) is 0 Å². The molecule has 1 aromatic rings. The van der Waals surface area contributed by atoms with Gasteiger partial charge >= 0.3 is 0 Å². The third-order valence-corrected chi connectivity index (χ3v) is 7.48. The first-order valence-corrected chi connectivity index (χ1v) is 12.9. The van der Waals surface area contributed by atoms with Crippen LogP contribution < -0.4 is 0 Å². The van der Waals surface area contributed by atoms with Crippen molar-refractivity contribution in [2.75, 3.05) is 21.3 Å². The van der Waals surface area contributed by atoms with Gasteiger partial charge < -0.3 is 14.2 Å². The Hall–Kier alpha value is -0.900. The highest BCUT2D eigenvalue weighted by molar-refractivity contribution is 5.29. The van der Waals surface area contributed by atoms with Crippen LogP contribution in [0.4, 0.5) is 0 Å². The number of ether oxygens (including phenoxy) is 3. The molecule has 1 saturated carbocycles. The van der Waals surface area contributed by atoms with Crippen molar-refractivity contribution >= 4 is 0 Å². The molecule has 0 N–H and O–H groups in total. The van der Waals surface area contributed by atoms with Crippen LogP contribution in [0.25, 0.3) is 0 Å². The second-order valence-corrected chi connectivity index (χ2v) is 9.50. The van der Waals surface area contributed by atoms with Crippen LogP contribution in [-0.4, -0.2) is 27.3 Å². The second kappa shape index (κ2) is 14.3. The van der Waals surface area contributed by atoms with Crippen LogP contribution in [-0.2, 0) is 14.2 Å². The maximum atomic E-state index is 5.79. The summed E-state index contributed by atoms with van der Waals surface area (Å²) in [6, 6.07) is 9.28. The fourth-order valence-electron chi connectivity index (χ4n) is 5.55. The first-order chi connectivity index (χ1) is 15.1. The van der Waals surface area contributed by atoms with Crippen molar-refractivity contribution in [2.24, 2.45) is 5.92 Å². The SMILES string of the molecule is CCCCCCCCC(c1ccc(C2CCC(CCC)CC2)cc1)C(OC)(OC)OC. The van der Waals surface area contributed by atoms with E-state index in [-0.39, 0.29) is 5.92 Å². The zero-order chi connectivity index (χ0) is 22.5. The second-order valence-electron chi connectivity index (χ2n) is 9.50. The molecule has 1 aliphatic rings. The molecule has 2 rings (SSSR count). The summed E-state index contributed by atoms with van der Waals surface area (Å²) in [5, 5.41) is 0. The van der Waals surface area contributed by atoms with Gasteiger partial charge in [0.2, 0.25) is 0 Å². The first-order valence-electron chi connectivity index (χ1n) is 12.9. The number of methoxy groups -OCH3 is 3. The molecule has 0 radical (unpaired) electrons. The molecule has 31 heavy (non-hydrogen) atoms. The highest BCUT2D eigenvalue weighted by Crippen LogP contribution is 2.40. The van der Waals surface area contributed by atoms with Crippen molar-refractivity contribution in [3.05, 3.63) is 35.4 Å². The molecule has 1 unspecified atom stereocenters. The highest BCUT2D eigenvalue weighted by Gasteiger charge is 2.40. The molecule has 1 atom stereocenters. The Balaban J connectivity index is 2.05. The lowest BCUT2D eigenvalue weighted by atomic mass is 9.77. The van der Waals surface area contributed by atoms with Gasteiger partial charge in [-0.3, -0.25) is 0 Å². The molecular weight excluding hydrogens is 384 g/mol. The molecule has 0 amide bonds. The number of benzene rings is 1. The Bertz CT molecular complexity index is 562. The van der Waals surface area contributed by atoms with Crippen molar-refractivity contribution in [1.82, 2.24) is 0 Å². The van der Waals surface area contributed by atoms with Gasteiger partial charge in [0, 0.05) is 21.3 Å². The molecule has 1 aliphatic carbocycles. The molecule has 0 aliphatic heterocycles. The fourth-order valence-corrected chi connectivity index (χ4v) is 5.55. The molecular formula is C28H48O3. The van der Waals surface area contributed by atoms with E-state index >= 15 is 0 Å². The largest absolute Gasteiger partial charge is 0.330 e. The zero-order valence-electron chi connectivity index (χ0n) is 21.0. The van der Waals surface area contributed by atoms with Gasteiger partial charge in [-0.15, -0.1) is 0 Å². The van der Waals surface area contributed by atoms with Gasteiger partial charge in [0.25, 0.3) is 5.97 Å². The van der Waals surface area contributed by atoms with Crippen molar-refractivity contribution < 1.29 is 14.2 Å². The summed E-state index contributed by atoms with van der Waals surface area (Å²) in [5.74, 6) is 0.709. The van der Waals surface area contributed by atoms with E-state index in [2.05, 4.69) is 38.1 Å². The van der Waals surface area contributed by atoms with E-state index in [1.165, 1.54) is 81.8 Å². The van der Waals surface area contributed by atoms with E-state index in [1.54, 1.807) is 21.3 Å². The normalized spacial score (nSPS) is 20.7. The molecule has 3 nitrogen and oxygen atoms in total. The van der Waals surface area contributed by atoms with Gasteiger partial charge in [0.1, 0.15) is 0 Å². The third kappa shape index (κ3) is 7.58. The summed E-state index contributed by atoms with van der Waals surface area (Å²) >= 11 is 0. The van der Waals surface area contributed by atoms with E-state index in [4.69, 9.17) is 14.2 Å². The molecule has 3 heteroatoms. The van der Waals surface area contributed by atoms with Gasteiger partial charge in [-0.2, -0.15) is 0 Å². The van der Waals surface area contributed by atoms with Crippen molar-refractivity contribution in [1.29, 1.82) is 0 Å². The first kappa shape index (κ1) is 26.4. The molecule has 1 aromatic carbocycles. The van der Waals surface area contributed by atoms with Crippen LogP contribution in [0, 0.1) is 5.92 Å². The minimum Gasteiger partial charge on any atom is -0.330 e. The Morgan fingerprint density at radius 3 is 1.90 bits per heavy atom. The van der Waals surface area contributed by atoms with Crippen LogP contribution in [0.2, 0.25) is 0 Å². The maximum absolute atomic E-state index is 5.79. The Morgan fingerprint density at radius 1 is 0.774 bits per heavy atom. The minimum atomic E-state index is -1.02. The van der Waals surface area contributed by atoms with Gasteiger partial charge in [0.05, 0.1) is 5.92 Å². The number of hydrogen-bond donors (Lipinski definition) is 0. The lowest BCUT2D eigenvalue weighted by Crippen LogP contribution is -2.42. The Labute approximate surface area is 192 Å². The predicted octanol–water partition coefficient (Wildman–Crippen LogP) is 8.19. The maximum Gasteiger partial charge on any atom is 0.289 e. The number of unbranched alkanes of at least 4 members (excludes halogenated alkanes) is 5. The van der Waals surface area contributed by atoms with E-state index in [0.717, 1.165) is 24.7 Å². The average molecular weight is 433 g/mol. The summed E-state index contributed by atoms with van der Waals surface area (Å²) in [6.07, 6.45) is 16.9. The summed E-state index contributed by atoms with van der Waals surface area (Å²) < 4.78 is 17.4. The molecule has 0 saturated heterocycles. The summed E-state index contributed by atoms with van der Waals surface area (Å²) in [6.45, 7) is 4.58. The van der Waals surface area contributed by atoms with Gasteiger partial charge in [0.15, 0.2) is 0 Å². The van der Waals surface area contributed by atoms with E-state index in [1.807, 2.05) is 0 Å². The molecule has 178 valence electrons. The van der Waals surface area contributed by atoms with Crippen LogP contribution in [0.15, 0.2) is 24.3 Å². The standard InChI is InChI=1S/C28H48O3/c1-6-8-9-10-11-12-14-27(28(29-3,30-4)31-5)26-21-19-25(20-22-26)24-17-15-23(13-7-2)16-18-24/h19-24,27H,6-18H2,1-5H3. The molecule has 0 bridgehead atoms. The zero-order valence-corrected chi connectivity index (χ0v) is 21.0. The highest BCUT2D eigenvalue weighted by atomic mass is 16.9. The van der Waals surface area contributed by atoms with Crippen molar-refractivity contribution in [2.45, 2.75) is 115 Å². The molecule has 0 heterocycles. The third-order valence-electron chi connectivity index (χ3n) is 7.48. The van der Waals surface area contributed by atoms with E-state index in [0.29, 0.717) is 0 Å². The lowest BCUT2D eigenvalue weighted by molar-refractivity contribution is -0.365. The van der Waals surface area contributed by atoms with Crippen LogP contribution in [0.1, 0.15) is 120 Å². The van der Waals surface area contributed by atoms with Gasteiger partial charge in [-0.1, -0.05) is 89.5 Å². The number of rotatable bonds is 15. The monoisotopic (exact) mass is 432 g/mol. The summed E-state index contributed by atoms with van der Waals surface area (Å²) in [5.41, 5.74) is 2.75. The van der Waals surface area contributed by atoms with E-state index < -0.39 is 5.97 Å². The fraction of sp³-hybridized carbons (Fsp3) is 0.786. The van der Waals surface area contributed by atoms with Gasteiger partial charge in [-0.25, -0.2) is 0 Å². The predicted molar refractivity (Wildman–Crippen MR) is 131 cm³/mol. The van der Waals surface area contributed by atoms with Crippen molar-refractivity contribution in [3.63, 3.8) is 0 Å². The van der Waals surface area contributed by atoms with Gasteiger partial charge in [-0.05, 0) is 55.1 Å². The lowest BCUT2D eigenvalue weighted by Gasteiger charge is -2.37. The average Bonchev–Trinajstić information content (AvgIpc) is 2.82. The Morgan fingerprint density at radius 2 is 1.35 bits per heavy atom. The number of hydrogen-bond acceptors (Lipinski definition) is 3.